The lowest BCUT2D eigenvalue weighted by atomic mass is 10.1. The molecule has 0 saturated carbocycles. The third-order valence-electron chi connectivity index (χ3n) is 4.36. The van der Waals surface area contributed by atoms with Gasteiger partial charge in [0.1, 0.15) is 5.75 Å². The Kier molecular flexibility index (Phi) is 4.67. The van der Waals surface area contributed by atoms with E-state index in [1.165, 1.54) is 14.0 Å². The molecular formula is C20H21N3O3. The van der Waals surface area contributed by atoms with E-state index in [0.29, 0.717) is 22.7 Å². The van der Waals surface area contributed by atoms with Gasteiger partial charge in [-0.2, -0.15) is 0 Å². The summed E-state index contributed by atoms with van der Waals surface area (Å²) in [6.07, 6.45) is 0. The highest BCUT2D eigenvalue weighted by Crippen LogP contribution is 2.29. The van der Waals surface area contributed by atoms with Crippen LogP contribution in [0.1, 0.15) is 28.5 Å². The first-order valence-corrected chi connectivity index (χ1v) is 8.25. The number of carbonyl (C=O) groups excluding carboxylic acids is 2. The second kappa shape index (κ2) is 6.92. The number of fused-ring (bicyclic) bond motifs is 1. The number of amides is 2. The van der Waals surface area contributed by atoms with E-state index in [1.807, 2.05) is 26.0 Å². The Balaban J connectivity index is 1.91. The molecule has 6 nitrogen and oxygen atoms in total. The number of aromatic amines is 1. The molecule has 0 saturated heterocycles. The Bertz CT molecular complexity index is 1000. The van der Waals surface area contributed by atoms with Gasteiger partial charge in [-0.05, 0) is 37.6 Å². The van der Waals surface area contributed by atoms with Gasteiger partial charge < -0.3 is 20.4 Å². The molecule has 0 unspecified atom stereocenters. The van der Waals surface area contributed by atoms with Gasteiger partial charge in [-0.1, -0.05) is 12.1 Å². The first-order chi connectivity index (χ1) is 12.4. The Morgan fingerprint density at radius 3 is 2.54 bits per heavy atom. The summed E-state index contributed by atoms with van der Waals surface area (Å²) >= 11 is 0. The molecule has 2 aromatic carbocycles. The minimum atomic E-state index is -0.216. The van der Waals surface area contributed by atoms with Crippen molar-refractivity contribution >= 4 is 34.1 Å². The number of aromatic nitrogens is 1. The lowest BCUT2D eigenvalue weighted by Gasteiger charge is -2.12. The standard InChI is InChI=1S/C20H21N3O3/c1-11-12(2)21-19-15(11)6-5-7-16(19)20(25)23-14-8-9-17(22-13(3)24)18(10-14)26-4/h5-10,21H,1-4H3,(H,22,24)(H,23,25). The van der Waals surface area contributed by atoms with Crippen molar-refractivity contribution in [3.8, 4) is 5.75 Å². The number of rotatable bonds is 4. The third kappa shape index (κ3) is 3.26. The van der Waals surface area contributed by atoms with E-state index in [4.69, 9.17) is 4.74 Å². The van der Waals surface area contributed by atoms with E-state index in [1.54, 1.807) is 24.3 Å². The van der Waals surface area contributed by atoms with Crippen LogP contribution in [0, 0.1) is 13.8 Å². The fourth-order valence-electron chi connectivity index (χ4n) is 2.93. The van der Waals surface area contributed by atoms with E-state index in [2.05, 4.69) is 15.6 Å². The average molecular weight is 351 g/mol. The maximum absolute atomic E-state index is 12.8. The number of carbonyl (C=O) groups is 2. The Hall–Kier alpha value is -3.28. The molecule has 0 bridgehead atoms. The SMILES string of the molecule is COc1cc(NC(=O)c2cccc3c(C)c(C)[nH]c23)ccc1NC(C)=O. The first kappa shape index (κ1) is 17.5. The van der Waals surface area contributed by atoms with Crippen LogP contribution >= 0.6 is 0 Å². The Morgan fingerprint density at radius 2 is 1.85 bits per heavy atom. The molecular weight excluding hydrogens is 330 g/mol. The minimum Gasteiger partial charge on any atom is -0.494 e. The summed E-state index contributed by atoms with van der Waals surface area (Å²) in [5.41, 5.74) is 4.71. The van der Waals surface area contributed by atoms with Crippen molar-refractivity contribution in [1.82, 2.24) is 4.98 Å². The largest absolute Gasteiger partial charge is 0.494 e. The second-order valence-electron chi connectivity index (χ2n) is 6.15. The van der Waals surface area contributed by atoms with E-state index < -0.39 is 0 Å². The van der Waals surface area contributed by atoms with Crippen LogP contribution in [0.15, 0.2) is 36.4 Å². The fraction of sp³-hybridized carbons (Fsp3) is 0.200. The van der Waals surface area contributed by atoms with Crippen LogP contribution in [0.4, 0.5) is 11.4 Å². The molecule has 1 aromatic heterocycles. The summed E-state index contributed by atoms with van der Waals surface area (Å²) in [7, 11) is 1.51. The van der Waals surface area contributed by atoms with Crippen LogP contribution in [-0.4, -0.2) is 23.9 Å². The lowest BCUT2D eigenvalue weighted by Crippen LogP contribution is -2.13. The monoisotopic (exact) mass is 351 g/mol. The fourth-order valence-corrected chi connectivity index (χ4v) is 2.93. The quantitative estimate of drug-likeness (QED) is 0.664. The van der Waals surface area contributed by atoms with Crippen molar-refractivity contribution in [3.63, 3.8) is 0 Å². The van der Waals surface area contributed by atoms with Gasteiger partial charge in [0.25, 0.3) is 5.91 Å². The summed E-state index contributed by atoms with van der Waals surface area (Å²) in [5, 5.41) is 6.61. The first-order valence-electron chi connectivity index (χ1n) is 8.25. The van der Waals surface area contributed by atoms with Crippen molar-refractivity contribution in [2.24, 2.45) is 0 Å². The maximum atomic E-state index is 12.8. The number of hydrogen-bond acceptors (Lipinski definition) is 3. The highest BCUT2D eigenvalue weighted by molar-refractivity contribution is 6.12. The zero-order valence-corrected chi connectivity index (χ0v) is 15.2. The van der Waals surface area contributed by atoms with Gasteiger partial charge in [-0.15, -0.1) is 0 Å². The zero-order valence-electron chi connectivity index (χ0n) is 15.2. The van der Waals surface area contributed by atoms with Gasteiger partial charge in [0.2, 0.25) is 5.91 Å². The molecule has 0 aliphatic rings. The van der Waals surface area contributed by atoms with Crippen LogP contribution in [0.2, 0.25) is 0 Å². The molecule has 0 spiro atoms. The molecule has 3 rings (SSSR count). The smallest absolute Gasteiger partial charge is 0.257 e. The Labute approximate surface area is 151 Å². The summed E-state index contributed by atoms with van der Waals surface area (Å²) in [6, 6.07) is 10.7. The highest BCUT2D eigenvalue weighted by Gasteiger charge is 2.15. The number of methoxy groups -OCH3 is 1. The molecule has 26 heavy (non-hydrogen) atoms. The van der Waals surface area contributed by atoms with Crippen LogP contribution in [0.5, 0.6) is 5.75 Å². The van der Waals surface area contributed by atoms with Crippen LogP contribution < -0.4 is 15.4 Å². The number of para-hydroxylation sites is 1. The number of nitrogens with one attached hydrogen (secondary N) is 3. The van der Waals surface area contributed by atoms with Crippen molar-refractivity contribution in [1.29, 1.82) is 0 Å². The minimum absolute atomic E-state index is 0.191. The third-order valence-corrected chi connectivity index (χ3v) is 4.36. The van der Waals surface area contributed by atoms with Gasteiger partial charge >= 0.3 is 0 Å². The van der Waals surface area contributed by atoms with Gasteiger partial charge in [-0.25, -0.2) is 0 Å². The number of anilines is 2. The predicted molar refractivity (Wildman–Crippen MR) is 103 cm³/mol. The van der Waals surface area contributed by atoms with Crippen molar-refractivity contribution in [3.05, 3.63) is 53.2 Å². The molecule has 6 heteroatoms. The van der Waals surface area contributed by atoms with Gasteiger partial charge in [-0.3, -0.25) is 9.59 Å². The molecule has 0 fully saturated rings. The van der Waals surface area contributed by atoms with Crippen LogP contribution in [0.25, 0.3) is 10.9 Å². The normalized spacial score (nSPS) is 10.6. The van der Waals surface area contributed by atoms with Crippen molar-refractivity contribution in [2.45, 2.75) is 20.8 Å². The van der Waals surface area contributed by atoms with Crippen LogP contribution in [0.3, 0.4) is 0 Å². The van der Waals surface area contributed by atoms with Gasteiger partial charge in [0.15, 0.2) is 0 Å². The van der Waals surface area contributed by atoms with E-state index in [9.17, 15) is 9.59 Å². The summed E-state index contributed by atoms with van der Waals surface area (Å²) in [5.74, 6) is 0.0678. The molecule has 1 heterocycles. The lowest BCUT2D eigenvalue weighted by molar-refractivity contribution is -0.114. The molecule has 134 valence electrons. The molecule has 3 N–H and O–H groups in total. The number of benzene rings is 2. The van der Waals surface area contributed by atoms with Gasteiger partial charge in [0.05, 0.1) is 23.9 Å². The van der Waals surface area contributed by atoms with E-state index in [0.717, 1.165) is 22.2 Å². The van der Waals surface area contributed by atoms with E-state index in [-0.39, 0.29) is 11.8 Å². The van der Waals surface area contributed by atoms with E-state index >= 15 is 0 Å². The Morgan fingerprint density at radius 1 is 1.08 bits per heavy atom. The number of H-pyrrole nitrogens is 1. The summed E-state index contributed by atoms with van der Waals surface area (Å²) in [4.78, 5) is 27.3. The molecule has 0 radical (unpaired) electrons. The van der Waals surface area contributed by atoms with Crippen molar-refractivity contribution in [2.75, 3.05) is 17.7 Å². The zero-order chi connectivity index (χ0) is 18.8. The molecule has 0 atom stereocenters. The topological polar surface area (TPSA) is 83.2 Å². The summed E-state index contributed by atoms with van der Waals surface area (Å²) < 4.78 is 5.29. The average Bonchev–Trinajstić information content (AvgIpc) is 2.90. The number of ether oxygens (including phenoxy) is 1. The second-order valence-corrected chi connectivity index (χ2v) is 6.15. The van der Waals surface area contributed by atoms with Crippen LogP contribution in [-0.2, 0) is 4.79 Å². The van der Waals surface area contributed by atoms with Crippen molar-refractivity contribution < 1.29 is 14.3 Å². The number of hydrogen-bond donors (Lipinski definition) is 3. The maximum Gasteiger partial charge on any atom is 0.257 e. The molecule has 0 aliphatic carbocycles. The molecule has 0 aliphatic heterocycles. The highest BCUT2D eigenvalue weighted by atomic mass is 16.5. The predicted octanol–water partition coefficient (Wildman–Crippen LogP) is 4.00. The number of aryl methyl sites for hydroxylation is 2. The summed E-state index contributed by atoms with van der Waals surface area (Å²) in [6.45, 7) is 5.44. The van der Waals surface area contributed by atoms with Gasteiger partial charge in [0, 0.05) is 29.8 Å². The molecule has 3 aromatic rings. The molecule has 2 amide bonds.